The van der Waals surface area contributed by atoms with Gasteiger partial charge in [0.15, 0.2) is 11.6 Å². The van der Waals surface area contributed by atoms with Crippen LogP contribution in [0.4, 0.5) is 0 Å². The second-order valence-electron chi connectivity index (χ2n) is 4.13. The lowest BCUT2D eigenvalue weighted by Crippen LogP contribution is -1.98. The Morgan fingerprint density at radius 1 is 0.955 bits per heavy atom. The van der Waals surface area contributed by atoms with Gasteiger partial charge in [-0.2, -0.15) is 0 Å². The van der Waals surface area contributed by atoms with Crippen LogP contribution in [0.5, 0.6) is 0 Å². The molecule has 0 aliphatic rings. The van der Waals surface area contributed by atoms with Gasteiger partial charge in [0.25, 0.3) is 0 Å². The van der Waals surface area contributed by atoms with Gasteiger partial charge in [-0.3, -0.25) is 9.59 Å². The SMILES string of the molecule is C.CC(=O)c1cccc(Cl)c1.O=C(CBr)c1cccc(Cl)c1. The molecule has 0 aliphatic heterocycles. The van der Waals surface area contributed by atoms with E-state index in [9.17, 15) is 9.59 Å². The van der Waals surface area contributed by atoms with E-state index in [-0.39, 0.29) is 19.0 Å². The van der Waals surface area contributed by atoms with Gasteiger partial charge in [0.2, 0.25) is 0 Å². The maximum atomic E-state index is 11.1. The zero-order chi connectivity index (χ0) is 15.8. The van der Waals surface area contributed by atoms with Crippen molar-refractivity contribution in [2.24, 2.45) is 0 Å². The van der Waals surface area contributed by atoms with Gasteiger partial charge in [-0.15, -0.1) is 0 Å². The van der Waals surface area contributed by atoms with Crippen molar-refractivity contribution < 1.29 is 9.59 Å². The summed E-state index contributed by atoms with van der Waals surface area (Å²) in [6.45, 7) is 1.52. The Labute approximate surface area is 149 Å². The van der Waals surface area contributed by atoms with Crippen LogP contribution in [0.1, 0.15) is 35.1 Å². The number of rotatable bonds is 3. The summed E-state index contributed by atoms with van der Waals surface area (Å²) in [5, 5.41) is 1.54. The number of alkyl halides is 1. The van der Waals surface area contributed by atoms with Gasteiger partial charge in [-0.25, -0.2) is 0 Å². The highest BCUT2D eigenvalue weighted by Gasteiger charge is 2.02. The van der Waals surface area contributed by atoms with Gasteiger partial charge < -0.3 is 0 Å². The lowest BCUT2D eigenvalue weighted by atomic mass is 10.2. The van der Waals surface area contributed by atoms with Crippen molar-refractivity contribution in [3.05, 3.63) is 69.7 Å². The van der Waals surface area contributed by atoms with Crippen molar-refractivity contribution in [3.63, 3.8) is 0 Å². The molecule has 0 atom stereocenters. The molecule has 2 rings (SSSR count). The Hall–Kier alpha value is -1.16. The summed E-state index contributed by atoms with van der Waals surface area (Å²) in [5.41, 5.74) is 1.31. The van der Waals surface area contributed by atoms with Crippen LogP contribution in [0, 0.1) is 0 Å². The summed E-state index contributed by atoms with van der Waals surface area (Å²) < 4.78 is 0. The Morgan fingerprint density at radius 3 is 1.77 bits per heavy atom. The van der Waals surface area contributed by atoms with Crippen LogP contribution in [-0.4, -0.2) is 16.9 Å². The fourth-order valence-corrected chi connectivity index (χ4v) is 2.15. The molecule has 0 aliphatic carbocycles. The van der Waals surface area contributed by atoms with Gasteiger partial charge in [-0.1, -0.05) is 70.8 Å². The lowest BCUT2D eigenvalue weighted by molar-refractivity contribution is 0.101. The topological polar surface area (TPSA) is 34.1 Å². The first-order chi connectivity index (χ1) is 9.93. The van der Waals surface area contributed by atoms with Crippen molar-refractivity contribution in [1.82, 2.24) is 0 Å². The Balaban J connectivity index is 0.000000385. The van der Waals surface area contributed by atoms with Gasteiger partial charge in [0.05, 0.1) is 5.33 Å². The molecule has 0 bridgehead atoms. The molecule has 0 heterocycles. The minimum Gasteiger partial charge on any atom is -0.295 e. The van der Waals surface area contributed by atoms with Gasteiger partial charge in [-0.05, 0) is 31.2 Å². The first-order valence-electron chi connectivity index (χ1n) is 6.05. The Kier molecular flexibility index (Phi) is 9.99. The van der Waals surface area contributed by atoms with E-state index in [0.29, 0.717) is 26.5 Å². The van der Waals surface area contributed by atoms with E-state index in [4.69, 9.17) is 23.2 Å². The number of ketones is 2. The molecular formula is C17H17BrCl2O2. The third kappa shape index (κ3) is 7.21. The molecule has 2 nitrogen and oxygen atoms in total. The van der Waals surface area contributed by atoms with Crippen LogP contribution < -0.4 is 0 Å². The highest BCUT2D eigenvalue weighted by Crippen LogP contribution is 2.12. The molecule has 22 heavy (non-hydrogen) atoms. The van der Waals surface area contributed by atoms with E-state index in [1.54, 1.807) is 48.5 Å². The van der Waals surface area contributed by atoms with Crippen molar-refractivity contribution in [2.45, 2.75) is 14.4 Å². The summed E-state index contributed by atoms with van der Waals surface area (Å²) in [7, 11) is 0. The van der Waals surface area contributed by atoms with Crippen LogP contribution in [-0.2, 0) is 0 Å². The molecule has 118 valence electrons. The maximum absolute atomic E-state index is 11.1. The predicted octanol–water partition coefficient (Wildman–Crippen LogP) is 6.10. The zero-order valence-corrected chi connectivity index (χ0v) is 14.4. The fraction of sp³-hybridized carbons (Fsp3) is 0.176. The van der Waals surface area contributed by atoms with E-state index >= 15 is 0 Å². The number of hydrogen-bond acceptors (Lipinski definition) is 2. The number of Topliss-reactive ketones (excluding diaryl/α,β-unsaturated/α-hetero) is 2. The fourth-order valence-electron chi connectivity index (χ4n) is 1.45. The number of hydrogen-bond donors (Lipinski definition) is 0. The first kappa shape index (κ1) is 20.8. The van der Waals surface area contributed by atoms with Gasteiger partial charge in [0, 0.05) is 21.2 Å². The highest BCUT2D eigenvalue weighted by molar-refractivity contribution is 9.09. The first-order valence-corrected chi connectivity index (χ1v) is 7.93. The number of carbonyl (C=O) groups excluding carboxylic acids is 2. The second-order valence-corrected chi connectivity index (χ2v) is 5.57. The summed E-state index contributed by atoms with van der Waals surface area (Å²) in [4.78, 5) is 21.8. The van der Waals surface area contributed by atoms with E-state index in [2.05, 4.69) is 15.9 Å². The zero-order valence-electron chi connectivity index (χ0n) is 11.3. The maximum Gasteiger partial charge on any atom is 0.173 e. The van der Waals surface area contributed by atoms with Gasteiger partial charge in [0.1, 0.15) is 0 Å². The Bertz CT molecular complexity index is 642. The monoisotopic (exact) mass is 402 g/mol. The molecule has 2 aromatic carbocycles. The van der Waals surface area contributed by atoms with Gasteiger partial charge >= 0.3 is 0 Å². The molecule has 0 saturated carbocycles. The molecule has 2 aromatic rings. The Morgan fingerprint density at radius 2 is 1.41 bits per heavy atom. The van der Waals surface area contributed by atoms with Crippen molar-refractivity contribution in [1.29, 1.82) is 0 Å². The summed E-state index contributed by atoms with van der Waals surface area (Å²) >= 11 is 14.4. The predicted molar refractivity (Wildman–Crippen MR) is 97.8 cm³/mol. The summed E-state index contributed by atoms with van der Waals surface area (Å²) in [6.07, 6.45) is 0. The van der Waals surface area contributed by atoms with Crippen LogP contribution >= 0.6 is 39.1 Å². The van der Waals surface area contributed by atoms with Crippen LogP contribution in [0.15, 0.2) is 48.5 Å². The lowest BCUT2D eigenvalue weighted by Gasteiger charge is -1.95. The van der Waals surface area contributed by atoms with Crippen LogP contribution in [0.25, 0.3) is 0 Å². The van der Waals surface area contributed by atoms with Crippen molar-refractivity contribution >= 4 is 50.7 Å². The average molecular weight is 404 g/mol. The number of benzene rings is 2. The van der Waals surface area contributed by atoms with E-state index in [0.717, 1.165) is 0 Å². The minimum atomic E-state index is 0. The van der Waals surface area contributed by atoms with E-state index in [1.165, 1.54) is 6.92 Å². The second kappa shape index (κ2) is 10.5. The molecule has 0 saturated heterocycles. The standard InChI is InChI=1S/C8H6BrClO.C8H7ClO.CH4/c9-5-8(11)6-2-1-3-7(10)4-6;1-6(10)7-3-2-4-8(9)5-7;/h1-4H,5H2;2-5H,1H3;1H4. The summed E-state index contributed by atoms with van der Waals surface area (Å²) in [5.74, 6) is 0.0926. The van der Waals surface area contributed by atoms with Crippen LogP contribution in [0.3, 0.4) is 0 Å². The van der Waals surface area contributed by atoms with Crippen molar-refractivity contribution in [3.8, 4) is 0 Å². The smallest absolute Gasteiger partial charge is 0.173 e. The summed E-state index contributed by atoms with van der Waals surface area (Å²) in [6, 6.07) is 13.8. The minimum absolute atomic E-state index is 0. The quantitative estimate of drug-likeness (QED) is 0.458. The molecule has 0 unspecified atom stereocenters. The van der Waals surface area contributed by atoms with Crippen molar-refractivity contribution in [2.75, 3.05) is 5.33 Å². The normalized spacial score (nSPS) is 9.09. The molecule has 0 spiro atoms. The number of carbonyl (C=O) groups is 2. The van der Waals surface area contributed by atoms with Crippen LogP contribution in [0.2, 0.25) is 10.0 Å². The largest absolute Gasteiger partial charge is 0.295 e. The third-order valence-corrected chi connectivity index (χ3v) is 3.48. The van der Waals surface area contributed by atoms with E-state index < -0.39 is 0 Å². The average Bonchev–Trinajstić information content (AvgIpc) is 2.47. The molecule has 0 fully saturated rings. The highest BCUT2D eigenvalue weighted by atomic mass is 79.9. The molecule has 5 heteroatoms. The molecule has 0 radical (unpaired) electrons. The molecule has 0 aromatic heterocycles. The molecule has 0 amide bonds. The molecule has 0 N–H and O–H groups in total. The third-order valence-electron chi connectivity index (χ3n) is 2.50. The van der Waals surface area contributed by atoms with E-state index in [1.807, 2.05) is 0 Å². The molecular weight excluding hydrogens is 387 g/mol. The number of halogens is 3.